The third-order valence-electron chi connectivity index (χ3n) is 2.90. The van der Waals surface area contributed by atoms with E-state index < -0.39 is 12.0 Å². The Balaban J connectivity index is 2.04. The van der Waals surface area contributed by atoms with Crippen molar-refractivity contribution in [3.8, 4) is 5.75 Å². The second kappa shape index (κ2) is 5.84. The molecule has 18 heavy (non-hydrogen) atoms. The van der Waals surface area contributed by atoms with Gasteiger partial charge in [0.2, 0.25) is 0 Å². The summed E-state index contributed by atoms with van der Waals surface area (Å²) in [7, 11) is 0. The van der Waals surface area contributed by atoms with E-state index in [1.54, 1.807) is 24.3 Å². The topological polar surface area (TPSA) is 81.8 Å². The molecular weight excluding hydrogens is 234 g/mol. The lowest BCUT2D eigenvalue weighted by atomic mass is 10.1. The maximum Gasteiger partial charge on any atom is 0.325 e. The van der Waals surface area contributed by atoms with Crippen LogP contribution in [0.25, 0.3) is 0 Å². The monoisotopic (exact) mass is 251 g/mol. The van der Waals surface area contributed by atoms with Gasteiger partial charge >= 0.3 is 5.97 Å². The average molecular weight is 251 g/mol. The largest absolute Gasteiger partial charge is 0.488 e. The normalized spacial score (nSPS) is 21.3. The molecule has 1 aromatic rings. The fourth-order valence-corrected chi connectivity index (χ4v) is 1.92. The summed E-state index contributed by atoms with van der Waals surface area (Å²) in [5.74, 6) is -0.409. The Labute approximate surface area is 106 Å². The highest BCUT2D eigenvalue weighted by Crippen LogP contribution is 2.21. The standard InChI is InChI=1S/C13H17NO4/c14-12(13(15)16)9-3-1-4-10(7-9)18-11-5-2-6-17-8-11/h1,3-4,7,11-12H,2,5-6,8,14H2,(H,15,16). The summed E-state index contributed by atoms with van der Waals surface area (Å²) in [5, 5.41) is 8.86. The zero-order valence-electron chi connectivity index (χ0n) is 10.0. The zero-order valence-corrected chi connectivity index (χ0v) is 10.0. The first-order chi connectivity index (χ1) is 8.66. The van der Waals surface area contributed by atoms with Crippen LogP contribution in [-0.2, 0) is 9.53 Å². The van der Waals surface area contributed by atoms with Crippen molar-refractivity contribution in [3.63, 3.8) is 0 Å². The van der Waals surface area contributed by atoms with Crippen LogP contribution in [0.2, 0.25) is 0 Å². The van der Waals surface area contributed by atoms with Gasteiger partial charge in [0.1, 0.15) is 17.9 Å². The molecule has 0 saturated carbocycles. The molecular formula is C13H17NO4. The Morgan fingerprint density at radius 3 is 3.06 bits per heavy atom. The SMILES string of the molecule is NC(C(=O)O)c1cccc(OC2CCCOC2)c1. The van der Waals surface area contributed by atoms with Crippen LogP contribution in [0.1, 0.15) is 24.4 Å². The smallest absolute Gasteiger partial charge is 0.325 e. The van der Waals surface area contributed by atoms with Crippen LogP contribution in [0, 0.1) is 0 Å². The van der Waals surface area contributed by atoms with Crippen molar-refractivity contribution in [2.45, 2.75) is 25.0 Å². The minimum atomic E-state index is -1.05. The van der Waals surface area contributed by atoms with Crippen molar-refractivity contribution < 1.29 is 19.4 Å². The summed E-state index contributed by atoms with van der Waals surface area (Å²) in [4.78, 5) is 10.8. The van der Waals surface area contributed by atoms with E-state index in [9.17, 15) is 4.79 Å². The van der Waals surface area contributed by atoms with Crippen LogP contribution in [0.3, 0.4) is 0 Å². The molecule has 0 aliphatic carbocycles. The van der Waals surface area contributed by atoms with Crippen molar-refractivity contribution >= 4 is 5.97 Å². The molecule has 1 fully saturated rings. The molecule has 98 valence electrons. The van der Waals surface area contributed by atoms with E-state index in [0.717, 1.165) is 19.4 Å². The number of carbonyl (C=O) groups is 1. The predicted molar refractivity (Wildman–Crippen MR) is 65.5 cm³/mol. The number of carboxylic acid groups (broad SMARTS) is 1. The van der Waals surface area contributed by atoms with E-state index in [0.29, 0.717) is 17.9 Å². The molecule has 1 aliphatic rings. The fraction of sp³-hybridized carbons (Fsp3) is 0.462. The molecule has 1 saturated heterocycles. The Bertz CT molecular complexity index is 415. The summed E-state index contributed by atoms with van der Waals surface area (Å²) >= 11 is 0. The molecule has 0 amide bonds. The Morgan fingerprint density at radius 1 is 1.56 bits per heavy atom. The zero-order chi connectivity index (χ0) is 13.0. The van der Waals surface area contributed by atoms with E-state index >= 15 is 0 Å². The van der Waals surface area contributed by atoms with Crippen molar-refractivity contribution in [2.24, 2.45) is 5.73 Å². The molecule has 5 nitrogen and oxygen atoms in total. The van der Waals surface area contributed by atoms with E-state index in [4.69, 9.17) is 20.3 Å². The average Bonchev–Trinajstić information content (AvgIpc) is 2.39. The van der Waals surface area contributed by atoms with Gasteiger partial charge in [-0.25, -0.2) is 0 Å². The third-order valence-corrected chi connectivity index (χ3v) is 2.90. The van der Waals surface area contributed by atoms with Crippen LogP contribution in [0.4, 0.5) is 0 Å². The van der Waals surface area contributed by atoms with E-state index in [2.05, 4.69) is 0 Å². The molecule has 1 aliphatic heterocycles. The lowest BCUT2D eigenvalue weighted by Gasteiger charge is -2.23. The van der Waals surface area contributed by atoms with Gasteiger partial charge in [-0.15, -0.1) is 0 Å². The Morgan fingerprint density at radius 2 is 2.39 bits per heavy atom. The van der Waals surface area contributed by atoms with Gasteiger partial charge in [0.15, 0.2) is 0 Å². The van der Waals surface area contributed by atoms with E-state index in [1.165, 1.54) is 0 Å². The number of benzene rings is 1. The first kappa shape index (κ1) is 12.9. The summed E-state index contributed by atoms with van der Waals surface area (Å²) in [6.07, 6.45) is 1.98. The molecule has 0 spiro atoms. The number of hydrogen-bond acceptors (Lipinski definition) is 4. The number of aliphatic carboxylic acids is 1. The van der Waals surface area contributed by atoms with Gasteiger partial charge < -0.3 is 20.3 Å². The van der Waals surface area contributed by atoms with Gasteiger partial charge in [0.25, 0.3) is 0 Å². The summed E-state index contributed by atoms with van der Waals surface area (Å²) in [5.41, 5.74) is 6.10. The first-order valence-electron chi connectivity index (χ1n) is 5.99. The van der Waals surface area contributed by atoms with Crippen LogP contribution in [-0.4, -0.2) is 30.4 Å². The molecule has 0 aromatic heterocycles. The number of ether oxygens (including phenoxy) is 2. The van der Waals surface area contributed by atoms with E-state index in [-0.39, 0.29) is 6.10 Å². The van der Waals surface area contributed by atoms with Gasteiger partial charge in [0, 0.05) is 6.61 Å². The van der Waals surface area contributed by atoms with Gasteiger partial charge in [-0.2, -0.15) is 0 Å². The lowest BCUT2D eigenvalue weighted by Crippen LogP contribution is -2.28. The predicted octanol–water partition coefficient (Wildman–Crippen LogP) is 1.33. The second-order valence-corrected chi connectivity index (χ2v) is 4.35. The number of carboxylic acids is 1. The highest BCUT2D eigenvalue weighted by molar-refractivity contribution is 5.75. The molecule has 0 bridgehead atoms. The highest BCUT2D eigenvalue weighted by atomic mass is 16.5. The minimum absolute atomic E-state index is 0.0371. The van der Waals surface area contributed by atoms with Crippen molar-refractivity contribution in [1.29, 1.82) is 0 Å². The first-order valence-corrected chi connectivity index (χ1v) is 5.99. The van der Waals surface area contributed by atoms with E-state index in [1.807, 2.05) is 0 Å². The molecule has 1 heterocycles. The fourth-order valence-electron chi connectivity index (χ4n) is 1.92. The lowest BCUT2D eigenvalue weighted by molar-refractivity contribution is -0.138. The highest BCUT2D eigenvalue weighted by Gasteiger charge is 2.17. The minimum Gasteiger partial charge on any atom is -0.488 e. The van der Waals surface area contributed by atoms with Crippen molar-refractivity contribution in [1.82, 2.24) is 0 Å². The maximum atomic E-state index is 10.8. The van der Waals surface area contributed by atoms with Gasteiger partial charge in [-0.1, -0.05) is 12.1 Å². The molecule has 5 heteroatoms. The van der Waals surface area contributed by atoms with Gasteiger partial charge in [-0.3, -0.25) is 4.79 Å². The number of nitrogens with two attached hydrogens (primary N) is 1. The third kappa shape index (κ3) is 3.21. The van der Waals surface area contributed by atoms with Gasteiger partial charge in [-0.05, 0) is 30.5 Å². The van der Waals surface area contributed by atoms with Crippen LogP contribution < -0.4 is 10.5 Å². The molecule has 0 radical (unpaired) electrons. The molecule has 2 rings (SSSR count). The molecule has 1 aromatic carbocycles. The Kier molecular flexibility index (Phi) is 4.17. The van der Waals surface area contributed by atoms with Crippen LogP contribution in [0.15, 0.2) is 24.3 Å². The van der Waals surface area contributed by atoms with Crippen LogP contribution >= 0.6 is 0 Å². The van der Waals surface area contributed by atoms with Crippen LogP contribution in [0.5, 0.6) is 5.75 Å². The number of rotatable bonds is 4. The number of hydrogen-bond donors (Lipinski definition) is 2. The Hall–Kier alpha value is -1.59. The molecule has 3 N–H and O–H groups in total. The van der Waals surface area contributed by atoms with Gasteiger partial charge in [0.05, 0.1) is 6.61 Å². The summed E-state index contributed by atoms with van der Waals surface area (Å²) in [6.45, 7) is 1.36. The maximum absolute atomic E-state index is 10.8. The van der Waals surface area contributed by atoms with Crippen molar-refractivity contribution in [2.75, 3.05) is 13.2 Å². The molecule has 2 atom stereocenters. The van der Waals surface area contributed by atoms with Crippen molar-refractivity contribution in [3.05, 3.63) is 29.8 Å². The quantitative estimate of drug-likeness (QED) is 0.843. The summed E-state index contributed by atoms with van der Waals surface area (Å²) in [6, 6.07) is 5.89. The second-order valence-electron chi connectivity index (χ2n) is 4.35. The summed E-state index contributed by atoms with van der Waals surface area (Å²) < 4.78 is 11.1. The molecule has 2 unspecified atom stereocenters.